The molecule has 2 rings (SSSR count). The van der Waals surface area contributed by atoms with Crippen LogP contribution in [0.5, 0.6) is 11.5 Å². The molecule has 0 fully saturated rings. The highest BCUT2D eigenvalue weighted by Gasteiger charge is 2.14. The van der Waals surface area contributed by atoms with E-state index in [1.165, 1.54) is 18.1 Å². The lowest BCUT2D eigenvalue weighted by atomic mass is 10.1. The molecule has 2 amide bonds. The highest BCUT2D eigenvalue weighted by atomic mass is 35.5. The van der Waals surface area contributed by atoms with Crippen molar-refractivity contribution in [2.24, 2.45) is 0 Å². The minimum Gasteiger partial charge on any atom is -0.493 e. The minimum absolute atomic E-state index is 0.0564. The SMILES string of the molecule is COc1cc(/C=C\C(=O)N(C)CC(=O)Nc2ccc(C)cc2)cc(Cl)c1OC(C)C. The molecule has 0 aliphatic carbocycles. The second-order valence-electron chi connectivity index (χ2n) is 7.14. The van der Waals surface area contributed by atoms with E-state index in [9.17, 15) is 9.59 Å². The van der Waals surface area contributed by atoms with E-state index in [0.717, 1.165) is 5.56 Å². The molecule has 0 radical (unpaired) electrons. The fraction of sp³-hybridized carbons (Fsp3) is 0.304. The molecule has 0 aromatic heterocycles. The first kappa shape index (κ1) is 23.3. The predicted molar refractivity (Wildman–Crippen MR) is 120 cm³/mol. The predicted octanol–water partition coefficient (Wildman–Crippen LogP) is 4.55. The molecule has 0 atom stereocenters. The van der Waals surface area contributed by atoms with Crippen molar-refractivity contribution in [1.82, 2.24) is 4.90 Å². The Balaban J connectivity index is 2.01. The van der Waals surface area contributed by atoms with E-state index in [1.54, 1.807) is 25.3 Å². The van der Waals surface area contributed by atoms with E-state index >= 15 is 0 Å². The molecule has 160 valence electrons. The van der Waals surface area contributed by atoms with Crippen molar-refractivity contribution in [2.45, 2.75) is 26.9 Å². The standard InChI is InChI=1S/C23H27ClN2O4/c1-15(2)30-23-19(24)12-17(13-20(23)29-5)8-11-22(28)26(4)14-21(27)25-18-9-6-16(3)7-10-18/h6-13,15H,14H2,1-5H3,(H,25,27)/b11-8-. The number of carbonyl (C=O) groups excluding carboxylic acids is 2. The van der Waals surface area contributed by atoms with E-state index in [4.69, 9.17) is 21.1 Å². The first-order valence-electron chi connectivity index (χ1n) is 9.53. The van der Waals surface area contributed by atoms with E-state index in [1.807, 2.05) is 45.0 Å². The molecule has 1 N–H and O–H groups in total. The number of methoxy groups -OCH3 is 1. The van der Waals surface area contributed by atoms with Crippen LogP contribution in [0.15, 0.2) is 42.5 Å². The maximum Gasteiger partial charge on any atom is 0.246 e. The smallest absolute Gasteiger partial charge is 0.246 e. The third kappa shape index (κ3) is 6.81. The van der Waals surface area contributed by atoms with Crippen LogP contribution in [0.1, 0.15) is 25.0 Å². The van der Waals surface area contributed by atoms with Crippen molar-refractivity contribution in [3.05, 3.63) is 58.6 Å². The number of hydrogen-bond donors (Lipinski definition) is 1. The highest BCUT2D eigenvalue weighted by Crippen LogP contribution is 2.37. The van der Waals surface area contributed by atoms with Crippen LogP contribution in [0.4, 0.5) is 5.69 Å². The maximum absolute atomic E-state index is 12.4. The summed E-state index contributed by atoms with van der Waals surface area (Å²) in [4.78, 5) is 25.9. The lowest BCUT2D eigenvalue weighted by Crippen LogP contribution is -2.33. The zero-order chi connectivity index (χ0) is 22.3. The van der Waals surface area contributed by atoms with Crippen molar-refractivity contribution in [3.8, 4) is 11.5 Å². The Morgan fingerprint density at radius 2 is 1.87 bits per heavy atom. The molecule has 2 aromatic rings. The lowest BCUT2D eigenvalue weighted by molar-refractivity contribution is -0.129. The van der Waals surface area contributed by atoms with Crippen molar-refractivity contribution in [2.75, 3.05) is 26.0 Å². The fourth-order valence-electron chi connectivity index (χ4n) is 2.61. The number of carbonyl (C=O) groups is 2. The second-order valence-corrected chi connectivity index (χ2v) is 7.55. The summed E-state index contributed by atoms with van der Waals surface area (Å²) in [6.07, 6.45) is 2.94. The topological polar surface area (TPSA) is 67.9 Å². The quantitative estimate of drug-likeness (QED) is 0.623. The van der Waals surface area contributed by atoms with Gasteiger partial charge < -0.3 is 19.7 Å². The molecule has 0 aliphatic heterocycles. The van der Waals surface area contributed by atoms with Crippen molar-refractivity contribution < 1.29 is 19.1 Å². The van der Waals surface area contributed by atoms with Crippen molar-refractivity contribution >= 4 is 35.2 Å². The number of benzene rings is 2. The molecule has 2 aromatic carbocycles. The molecular weight excluding hydrogens is 404 g/mol. The molecule has 0 aliphatic rings. The third-order valence-corrected chi connectivity index (χ3v) is 4.40. The molecular formula is C23H27ClN2O4. The molecule has 6 nitrogen and oxygen atoms in total. The fourth-order valence-corrected chi connectivity index (χ4v) is 2.88. The number of likely N-dealkylation sites (N-methyl/N-ethyl adjacent to an activating group) is 1. The van der Waals surface area contributed by atoms with Gasteiger partial charge in [0.05, 0.1) is 24.8 Å². The van der Waals surface area contributed by atoms with Crippen LogP contribution in [0.3, 0.4) is 0 Å². The number of hydrogen-bond acceptors (Lipinski definition) is 4. The number of nitrogens with one attached hydrogen (secondary N) is 1. The Morgan fingerprint density at radius 1 is 1.20 bits per heavy atom. The van der Waals surface area contributed by atoms with E-state index in [-0.39, 0.29) is 24.5 Å². The van der Waals surface area contributed by atoms with Gasteiger partial charge in [-0.1, -0.05) is 29.3 Å². The van der Waals surface area contributed by atoms with Gasteiger partial charge >= 0.3 is 0 Å². The minimum atomic E-state index is -0.313. The molecule has 0 spiro atoms. The number of anilines is 1. The Bertz CT molecular complexity index is 924. The summed E-state index contributed by atoms with van der Waals surface area (Å²) in [5, 5.41) is 3.16. The largest absolute Gasteiger partial charge is 0.493 e. The molecule has 0 heterocycles. The zero-order valence-corrected chi connectivity index (χ0v) is 18.6. The molecule has 30 heavy (non-hydrogen) atoms. The van der Waals surface area contributed by atoms with Crippen LogP contribution in [0, 0.1) is 6.92 Å². The van der Waals surface area contributed by atoms with Gasteiger partial charge in [0.25, 0.3) is 0 Å². The molecule has 7 heteroatoms. The van der Waals surface area contributed by atoms with Crippen molar-refractivity contribution in [1.29, 1.82) is 0 Å². The molecule has 0 bridgehead atoms. The second kappa shape index (κ2) is 10.7. The van der Waals surface area contributed by atoms with Gasteiger partial charge in [0.15, 0.2) is 11.5 Å². The van der Waals surface area contributed by atoms with Gasteiger partial charge in [0, 0.05) is 18.8 Å². The number of rotatable bonds is 8. The summed E-state index contributed by atoms with van der Waals surface area (Å²) in [6.45, 7) is 5.69. The number of ether oxygens (including phenoxy) is 2. The van der Waals surface area contributed by atoms with Gasteiger partial charge in [-0.2, -0.15) is 0 Å². The van der Waals surface area contributed by atoms with Gasteiger partial charge in [-0.3, -0.25) is 9.59 Å². The van der Waals surface area contributed by atoms with Crippen LogP contribution in [0.25, 0.3) is 6.08 Å². The van der Waals surface area contributed by atoms with Crippen LogP contribution in [-0.4, -0.2) is 43.5 Å². The Kier molecular flexibility index (Phi) is 8.30. The first-order valence-corrected chi connectivity index (χ1v) is 9.91. The van der Waals surface area contributed by atoms with Crippen LogP contribution < -0.4 is 14.8 Å². The summed E-state index contributed by atoms with van der Waals surface area (Å²) in [6, 6.07) is 10.9. The first-order chi connectivity index (χ1) is 14.2. The number of halogens is 1. The number of nitrogens with zero attached hydrogens (tertiary/aromatic N) is 1. The van der Waals surface area contributed by atoms with Gasteiger partial charge in [0.1, 0.15) is 0 Å². The normalized spacial score (nSPS) is 10.9. The molecule has 0 unspecified atom stereocenters. The highest BCUT2D eigenvalue weighted by molar-refractivity contribution is 6.32. The zero-order valence-electron chi connectivity index (χ0n) is 17.9. The summed E-state index contributed by atoms with van der Waals surface area (Å²) in [5.41, 5.74) is 2.47. The number of aryl methyl sites for hydroxylation is 1. The summed E-state index contributed by atoms with van der Waals surface area (Å²) < 4.78 is 11.0. The van der Waals surface area contributed by atoms with Crippen LogP contribution in [0.2, 0.25) is 5.02 Å². The van der Waals surface area contributed by atoms with E-state index < -0.39 is 0 Å². The van der Waals surface area contributed by atoms with Crippen LogP contribution in [-0.2, 0) is 9.59 Å². The number of amides is 2. The Hall–Kier alpha value is -2.99. The van der Waals surface area contributed by atoms with Gasteiger partial charge in [-0.15, -0.1) is 0 Å². The lowest BCUT2D eigenvalue weighted by Gasteiger charge is -2.16. The van der Waals surface area contributed by atoms with Crippen LogP contribution >= 0.6 is 11.6 Å². The summed E-state index contributed by atoms with van der Waals surface area (Å²) in [5.74, 6) is 0.353. The maximum atomic E-state index is 12.4. The van der Waals surface area contributed by atoms with E-state index in [2.05, 4.69) is 5.32 Å². The summed E-state index contributed by atoms with van der Waals surface area (Å²) in [7, 11) is 3.09. The Morgan fingerprint density at radius 3 is 2.47 bits per heavy atom. The molecule has 0 saturated carbocycles. The van der Waals surface area contributed by atoms with Gasteiger partial charge in [-0.25, -0.2) is 0 Å². The summed E-state index contributed by atoms with van der Waals surface area (Å²) >= 11 is 6.30. The van der Waals surface area contributed by atoms with Gasteiger partial charge in [0.2, 0.25) is 11.8 Å². The van der Waals surface area contributed by atoms with Crippen molar-refractivity contribution in [3.63, 3.8) is 0 Å². The third-order valence-electron chi connectivity index (χ3n) is 4.12. The average molecular weight is 431 g/mol. The Labute approximate surface area is 182 Å². The average Bonchev–Trinajstić information content (AvgIpc) is 2.69. The monoisotopic (exact) mass is 430 g/mol. The van der Waals surface area contributed by atoms with E-state index in [0.29, 0.717) is 27.8 Å². The van der Waals surface area contributed by atoms with Gasteiger partial charge in [-0.05, 0) is 56.7 Å². The molecule has 0 saturated heterocycles.